The minimum atomic E-state index is -0.548. The Labute approximate surface area is 147 Å². The lowest BCUT2D eigenvalue weighted by Gasteiger charge is -2.01. The van der Waals surface area contributed by atoms with E-state index < -0.39 is 16.5 Å². The number of hydrogen-bond donors (Lipinski definition) is 1. The first kappa shape index (κ1) is 17.0. The highest BCUT2D eigenvalue weighted by atomic mass is 19.1. The number of H-pyrrole nitrogens is 1. The van der Waals surface area contributed by atoms with Crippen LogP contribution in [0.2, 0.25) is 0 Å². The van der Waals surface area contributed by atoms with Crippen molar-refractivity contribution in [2.24, 2.45) is 0 Å². The highest BCUT2D eigenvalue weighted by Gasteiger charge is 2.18. The van der Waals surface area contributed by atoms with Crippen molar-refractivity contribution in [2.45, 2.75) is 6.92 Å². The van der Waals surface area contributed by atoms with Gasteiger partial charge in [-0.05, 0) is 36.8 Å². The SMILES string of the molecule is Cc1ccc(/C=C(\C#N)C(=O)c2c[nH]c3cc(F)ccc23)cc1[N+](=O)[O-]. The maximum Gasteiger partial charge on any atom is 0.272 e. The van der Waals surface area contributed by atoms with Crippen molar-refractivity contribution in [3.8, 4) is 6.07 Å². The molecule has 0 aliphatic carbocycles. The van der Waals surface area contributed by atoms with E-state index in [2.05, 4.69) is 4.98 Å². The fourth-order valence-corrected chi connectivity index (χ4v) is 2.66. The normalized spacial score (nSPS) is 11.3. The Kier molecular flexibility index (Phi) is 4.33. The zero-order chi connectivity index (χ0) is 18.8. The van der Waals surface area contributed by atoms with Crippen molar-refractivity contribution < 1.29 is 14.1 Å². The summed E-state index contributed by atoms with van der Waals surface area (Å²) in [7, 11) is 0. The molecule has 3 aromatic rings. The molecule has 0 saturated heterocycles. The third-order valence-corrected chi connectivity index (χ3v) is 3.99. The van der Waals surface area contributed by atoms with Crippen LogP contribution < -0.4 is 0 Å². The molecule has 0 bridgehead atoms. The van der Waals surface area contributed by atoms with Gasteiger partial charge in [-0.25, -0.2) is 4.39 Å². The number of ketones is 1. The quantitative estimate of drug-likeness (QED) is 0.249. The molecule has 1 N–H and O–H groups in total. The summed E-state index contributed by atoms with van der Waals surface area (Å²) >= 11 is 0. The molecule has 0 saturated carbocycles. The van der Waals surface area contributed by atoms with E-state index in [9.17, 15) is 24.6 Å². The molecule has 1 aromatic heterocycles. The first-order valence-corrected chi connectivity index (χ1v) is 7.59. The number of aromatic amines is 1. The average molecular weight is 349 g/mol. The number of nitro benzene ring substituents is 1. The molecular weight excluding hydrogens is 337 g/mol. The van der Waals surface area contributed by atoms with Gasteiger partial charge in [0.2, 0.25) is 5.78 Å². The molecule has 0 unspecified atom stereocenters. The van der Waals surface area contributed by atoms with Crippen LogP contribution in [-0.2, 0) is 0 Å². The fourth-order valence-electron chi connectivity index (χ4n) is 2.66. The standard InChI is InChI=1S/C19H12FN3O3/c1-11-2-3-12(7-18(11)23(25)26)6-13(9-21)19(24)16-10-22-17-8-14(20)4-5-15(16)17/h2-8,10,22H,1H3/b13-6+. The maximum atomic E-state index is 13.3. The van der Waals surface area contributed by atoms with Gasteiger partial charge in [-0.2, -0.15) is 5.26 Å². The largest absolute Gasteiger partial charge is 0.360 e. The van der Waals surface area contributed by atoms with Crippen LogP contribution in [-0.4, -0.2) is 15.7 Å². The zero-order valence-corrected chi connectivity index (χ0v) is 13.6. The number of rotatable bonds is 4. The molecule has 26 heavy (non-hydrogen) atoms. The van der Waals surface area contributed by atoms with Crippen molar-refractivity contribution in [3.05, 3.63) is 80.8 Å². The number of nitro groups is 1. The molecular formula is C19H12FN3O3. The number of benzene rings is 2. The minimum Gasteiger partial charge on any atom is -0.360 e. The molecule has 0 aliphatic heterocycles. The summed E-state index contributed by atoms with van der Waals surface area (Å²) in [6, 6.07) is 10.2. The Bertz CT molecular complexity index is 1120. The first-order chi connectivity index (χ1) is 12.4. The van der Waals surface area contributed by atoms with Crippen LogP contribution in [0.3, 0.4) is 0 Å². The van der Waals surface area contributed by atoms with Crippen molar-refractivity contribution >= 4 is 28.4 Å². The zero-order valence-electron chi connectivity index (χ0n) is 13.6. The summed E-state index contributed by atoms with van der Waals surface area (Å²) in [5, 5.41) is 20.9. The number of fused-ring (bicyclic) bond motifs is 1. The predicted molar refractivity (Wildman–Crippen MR) is 94.0 cm³/mol. The number of Topliss-reactive ketones (excluding diaryl/α,β-unsaturated/α-hetero) is 1. The number of aryl methyl sites for hydroxylation is 1. The van der Waals surface area contributed by atoms with Gasteiger partial charge in [0.05, 0.1) is 4.92 Å². The Morgan fingerprint density at radius 1 is 1.31 bits per heavy atom. The topological polar surface area (TPSA) is 99.8 Å². The van der Waals surface area contributed by atoms with Crippen LogP contribution in [0.1, 0.15) is 21.5 Å². The van der Waals surface area contributed by atoms with E-state index in [-0.39, 0.29) is 16.8 Å². The average Bonchev–Trinajstić information content (AvgIpc) is 3.03. The van der Waals surface area contributed by atoms with Crippen molar-refractivity contribution in [2.75, 3.05) is 0 Å². The smallest absolute Gasteiger partial charge is 0.272 e. The van der Waals surface area contributed by atoms with Crippen LogP contribution in [0.25, 0.3) is 17.0 Å². The number of nitrogens with one attached hydrogen (secondary N) is 1. The van der Waals surface area contributed by atoms with E-state index in [0.717, 1.165) is 0 Å². The Morgan fingerprint density at radius 3 is 2.77 bits per heavy atom. The van der Waals surface area contributed by atoms with Gasteiger partial charge in [0.25, 0.3) is 5.69 Å². The van der Waals surface area contributed by atoms with E-state index in [4.69, 9.17) is 0 Å². The van der Waals surface area contributed by atoms with Gasteiger partial charge < -0.3 is 4.98 Å². The van der Waals surface area contributed by atoms with Gasteiger partial charge in [-0.3, -0.25) is 14.9 Å². The Morgan fingerprint density at radius 2 is 2.08 bits per heavy atom. The van der Waals surface area contributed by atoms with Crippen LogP contribution >= 0.6 is 0 Å². The Balaban J connectivity index is 2.04. The summed E-state index contributed by atoms with van der Waals surface area (Å²) < 4.78 is 13.3. The monoisotopic (exact) mass is 349 g/mol. The number of carbonyl (C=O) groups excluding carboxylic acids is 1. The van der Waals surface area contributed by atoms with Crippen molar-refractivity contribution in [1.82, 2.24) is 4.98 Å². The lowest BCUT2D eigenvalue weighted by atomic mass is 10.0. The number of halogens is 1. The van der Waals surface area contributed by atoms with Gasteiger partial charge >= 0.3 is 0 Å². The molecule has 7 heteroatoms. The summed E-state index contributed by atoms with van der Waals surface area (Å²) in [5.41, 5.74) is 1.26. The molecule has 0 amide bonds. The molecule has 0 fully saturated rings. The Hall–Kier alpha value is -3.79. The predicted octanol–water partition coefficient (Wildman–Crippen LogP) is 4.31. The minimum absolute atomic E-state index is 0.0916. The summed E-state index contributed by atoms with van der Waals surface area (Å²) in [6.45, 7) is 1.60. The van der Waals surface area contributed by atoms with Crippen molar-refractivity contribution in [3.63, 3.8) is 0 Å². The van der Waals surface area contributed by atoms with E-state index in [1.165, 1.54) is 36.5 Å². The maximum absolute atomic E-state index is 13.3. The highest BCUT2D eigenvalue weighted by Crippen LogP contribution is 2.24. The molecule has 128 valence electrons. The molecule has 3 rings (SSSR count). The van der Waals surface area contributed by atoms with E-state index >= 15 is 0 Å². The molecule has 0 aliphatic rings. The number of nitrogens with zero attached hydrogens (tertiary/aromatic N) is 2. The lowest BCUT2D eigenvalue weighted by Crippen LogP contribution is -2.01. The van der Waals surface area contributed by atoms with Crippen LogP contribution in [0.15, 0.2) is 48.2 Å². The molecule has 0 spiro atoms. The van der Waals surface area contributed by atoms with Crippen molar-refractivity contribution in [1.29, 1.82) is 5.26 Å². The van der Waals surface area contributed by atoms with Gasteiger partial charge in [-0.1, -0.05) is 12.1 Å². The number of aromatic nitrogens is 1. The second-order valence-electron chi connectivity index (χ2n) is 5.69. The lowest BCUT2D eigenvalue weighted by molar-refractivity contribution is -0.385. The van der Waals surface area contributed by atoms with E-state index in [0.29, 0.717) is 22.0 Å². The first-order valence-electron chi connectivity index (χ1n) is 7.59. The van der Waals surface area contributed by atoms with Gasteiger partial charge in [-0.15, -0.1) is 0 Å². The highest BCUT2D eigenvalue weighted by molar-refractivity contribution is 6.19. The van der Waals surface area contributed by atoms with Gasteiger partial charge in [0, 0.05) is 34.3 Å². The number of nitriles is 1. The fraction of sp³-hybridized carbons (Fsp3) is 0.0526. The number of allylic oxidation sites excluding steroid dienone is 1. The third kappa shape index (κ3) is 3.08. The second kappa shape index (κ2) is 6.61. The molecule has 0 radical (unpaired) electrons. The van der Waals surface area contributed by atoms with Crippen LogP contribution in [0.5, 0.6) is 0 Å². The molecule has 1 heterocycles. The third-order valence-electron chi connectivity index (χ3n) is 3.99. The second-order valence-corrected chi connectivity index (χ2v) is 5.69. The summed E-state index contributed by atoms with van der Waals surface area (Å²) in [5.74, 6) is -0.991. The van der Waals surface area contributed by atoms with Gasteiger partial charge in [0.1, 0.15) is 17.5 Å². The van der Waals surface area contributed by atoms with E-state index in [1.54, 1.807) is 19.1 Å². The summed E-state index contributed by atoms with van der Waals surface area (Å²) in [6.07, 6.45) is 2.71. The molecule has 2 aromatic carbocycles. The number of hydrogen-bond acceptors (Lipinski definition) is 4. The van der Waals surface area contributed by atoms with Crippen LogP contribution in [0, 0.1) is 34.2 Å². The van der Waals surface area contributed by atoms with E-state index in [1.807, 2.05) is 6.07 Å². The number of carbonyl (C=O) groups is 1. The molecule has 0 atom stereocenters. The van der Waals surface area contributed by atoms with Gasteiger partial charge in [0.15, 0.2) is 0 Å². The summed E-state index contributed by atoms with van der Waals surface area (Å²) in [4.78, 5) is 26.0. The molecule has 6 nitrogen and oxygen atoms in total. The van der Waals surface area contributed by atoms with Crippen LogP contribution in [0.4, 0.5) is 10.1 Å².